The minimum atomic E-state index is -1.62. The van der Waals surface area contributed by atoms with Gasteiger partial charge in [0.05, 0.1) is 6.04 Å². The number of fused-ring (bicyclic) bond motifs is 3. The lowest BCUT2D eigenvalue weighted by atomic mass is 9.87. The zero-order valence-electron chi connectivity index (χ0n) is 18.5. The largest absolute Gasteiger partial charge is 0.508 e. The van der Waals surface area contributed by atoms with Gasteiger partial charge in [-0.05, 0) is 74.7 Å². The Morgan fingerprint density at radius 2 is 1.91 bits per heavy atom. The summed E-state index contributed by atoms with van der Waals surface area (Å²) in [6.45, 7) is 4.66. The summed E-state index contributed by atoms with van der Waals surface area (Å²) in [6.07, 6.45) is 2.42. The molecule has 0 saturated carbocycles. The maximum absolute atomic E-state index is 15.4. The second-order valence-corrected chi connectivity index (χ2v) is 9.16. The van der Waals surface area contributed by atoms with E-state index >= 15 is 8.78 Å². The predicted octanol–water partition coefficient (Wildman–Crippen LogP) is 5.33. The molecule has 8 heteroatoms. The average molecular weight is 458 g/mol. The van der Waals surface area contributed by atoms with E-state index in [1.54, 1.807) is 17.0 Å². The van der Waals surface area contributed by atoms with Crippen molar-refractivity contribution in [2.24, 2.45) is 0 Å². The van der Waals surface area contributed by atoms with Crippen LogP contribution in [0.25, 0.3) is 17.0 Å². The number of hydrogen-bond acceptors (Lipinski definition) is 3. The number of hydrogen-bond donors (Lipinski definition) is 3. The maximum atomic E-state index is 15.4. The molecule has 0 saturated heterocycles. The molecule has 4 rings (SSSR count). The van der Waals surface area contributed by atoms with Crippen molar-refractivity contribution in [1.29, 1.82) is 0 Å². The smallest absolute Gasteiger partial charge is 0.328 e. The number of aromatic nitrogens is 1. The van der Waals surface area contributed by atoms with Gasteiger partial charge in [0.15, 0.2) is 0 Å². The van der Waals surface area contributed by atoms with Gasteiger partial charge in [-0.2, -0.15) is 0 Å². The molecular weight excluding hydrogens is 433 g/mol. The van der Waals surface area contributed by atoms with E-state index in [0.29, 0.717) is 17.6 Å². The highest BCUT2D eigenvalue weighted by molar-refractivity contribution is 5.87. The van der Waals surface area contributed by atoms with Crippen molar-refractivity contribution in [3.8, 4) is 5.75 Å². The van der Waals surface area contributed by atoms with Gasteiger partial charge < -0.3 is 15.2 Å². The number of aromatic amines is 1. The quantitative estimate of drug-likeness (QED) is 0.452. The van der Waals surface area contributed by atoms with Crippen LogP contribution >= 0.6 is 0 Å². The molecule has 33 heavy (non-hydrogen) atoms. The van der Waals surface area contributed by atoms with Gasteiger partial charge in [0.2, 0.25) is 0 Å². The van der Waals surface area contributed by atoms with Gasteiger partial charge >= 0.3 is 5.97 Å². The lowest BCUT2D eigenvalue weighted by Gasteiger charge is -2.43. The number of carbonyl (C=O) groups is 1. The van der Waals surface area contributed by atoms with Crippen molar-refractivity contribution < 1.29 is 28.2 Å². The Kier molecular flexibility index (Phi) is 5.74. The number of nitrogens with zero attached hydrogens (tertiary/aromatic N) is 1. The van der Waals surface area contributed by atoms with Gasteiger partial charge in [0.25, 0.3) is 0 Å². The Morgan fingerprint density at radius 1 is 1.24 bits per heavy atom. The molecule has 0 amide bonds. The zero-order valence-corrected chi connectivity index (χ0v) is 18.5. The van der Waals surface area contributed by atoms with E-state index in [2.05, 4.69) is 4.98 Å². The van der Waals surface area contributed by atoms with Crippen LogP contribution in [0.5, 0.6) is 5.75 Å². The molecule has 0 bridgehead atoms. The van der Waals surface area contributed by atoms with Crippen LogP contribution < -0.4 is 0 Å². The highest BCUT2D eigenvalue weighted by Gasteiger charge is 2.40. The third-order valence-corrected chi connectivity index (χ3v) is 5.95. The molecular formula is C25H25F3N2O3. The predicted molar refractivity (Wildman–Crippen MR) is 120 cm³/mol. The van der Waals surface area contributed by atoms with Gasteiger partial charge in [-0.3, -0.25) is 4.90 Å². The van der Waals surface area contributed by atoms with E-state index < -0.39 is 29.3 Å². The van der Waals surface area contributed by atoms with Crippen molar-refractivity contribution in [1.82, 2.24) is 9.88 Å². The van der Waals surface area contributed by atoms with Crippen LogP contribution in [0.3, 0.4) is 0 Å². The van der Waals surface area contributed by atoms with Crippen molar-refractivity contribution in [2.75, 3.05) is 6.54 Å². The monoisotopic (exact) mass is 458 g/mol. The fourth-order valence-corrected chi connectivity index (χ4v) is 4.66. The standard InChI is InChI=1S/C25H25F3N2O3/c1-13-8-17-16-11-15(31)5-6-20(16)29-23(17)24(30(13)12-25(2,3)28)22-18(26)9-14(10-19(22)27)4-7-21(32)33/h4-7,9-11,13,24,29,31H,8,12H2,1-3H3,(H,32,33)/b7-4+/t13-,24-/m1/s1. The first-order valence-corrected chi connectivity index (χ1v) is 10.6. The van der Waals surface area contributed by atoms with Gasteiger partial charge in [0, 0.05) is 40.8 Å². The number of halogens is 3. The molecule has 0 spiro atoms. The first kappa shape index (κ1) is 22.9. The summed E-state index contributed by atoms with van der Waals surface area (Å²) in [5.41, 5.74) is 0.281. The summed E-state index contributed by atoms with van der Waals surface area (Å²) in [6, 6.07) is 5.79. The molecule has 0 aliphatic carbocycles. The van der Waals surface area contributed by atoms with Gasteiger partial charge in [0.1, 0.15) is 23.1 Å². The van der Waals surface area contributed by atoms with Crippen LogP contribution in [0.1, 0.15) is 49.2 Å². The van der Waals surface area contributed by atoms with Gasteiger partial charge in [-0.1, -0.05) is 0 Å². The molecule has 0 unspecified atom stereocenters. The molecule has 174 valence electrons. The summed E-state index contributed by atoms with van der Waals surface area (Å²) in [4.78, 5) is 15.8. The Labute approximate surface area is 189 Å². The average Bonchev–Trinajstić information content (AvgIpc) is 3.04. The van der Waals surface area contributed by atoms with Crippen LogP contribution in [0.15, 0.2) is 36.4 Å². The second kappa shape index (κ2) is 8.26. The Bertz CT molecular complexity index is 1240. The van der Waals surface area contributed by atoms with Gasteiger partial charge in [-0.25, -0.2) is 18.0 Å². The fourth-order valence-electron chi connectivity index (χ4n) is 4.66. The minimum Gasteiger partial charge on any atom is -0.508 e. The van der Waals surface area contributed by atoms with E-state index in [9.17, 15) is 14.3 Å². The topological polar surface area (TPSA) is 76.6 Å². The Hall–Kier alpha value is -3.26. The first-order valence-electron chi connectivity index (χ1n) is 10.6. The third kappa shape index (κ3) is 4.48. The summed E-state index contributed by atoms with van der Waals surface area (Å²) in [7, 11) is 0. The summed E-state index contributed by atoms with van der Waals surface area (Å²) < 4.78 is 45.5. The van der Waals surface area contributed by atoms with Crippen LogP contribution in [-0.4, -0.2) is 44.3 Å². The number of H-pyrrole nitrogens is 1. The fraction of sp³-hybridized carbons (Fsp3) is 0.320. The van der Waals surface area contributed by atoms with Crippen molar-refractivity contribution in [3.05, 3.63) is 70.4 Å². The lowest BCUT2D eigenvalue weighted by molar-refractivity contribution is -0.131. The molecule has 3 aromatic rings. The lowest BCUT2D eigenvalue weighted by Crippen LogP contribution is -2.48. The molecule has 1 aliphatic heterocycles. The van der Waals surface area contributed by atoms with Crippen molar-refractivity contribution in [2.45, 2.75) is 44.9 Å². The number of rotatable bonds is 5. The summed E-state index contributed by atoms with van der Waals surface area (Å²) >= 11 is 0. The number of carboxylic acids is 1. The SMILES string of the molecule is C[C@@H]1Cc2c([nH]c3ccc(O)cc23)[C@@H](c2c(F)cc(/C=C/C(=O)O)cc2F)N1CC(C)(C)F. The Morgan fingerprint density at radius 3 is 2.52 bits per heavy atom. The molecule has 3 N–H and O–H groups in total. The number of phenolic OH excluding ortho intramolecular Hbond substituents is 1. The van der Waals surface area contributed by atoms with E-state index in [-0.39, 0.29) is 29.5 Å². The Balaban J connectivity index is 1.93. The van der Waals surface area contributed by atoms with Crippen LogP contribution in [0.2, 0.25) is 0 Å². The molecule has 0 radical (unpaired) electrons. The van der Waals surface area contributed by atoms with E-state index in [1.807, 2.05) is 6.92 Å². The van der Waals surface area contributed by atoms with E-state index in [4.69, 9.17) is 5.11 Å². The molecule has 2 aromatic carbocycles. The van der Waals surface area contributed by atoms with Gasteiger partial charge in [-0.15, -0.1) is 0 Å². The molecule has 1 aliphatic rings. The van der Waals surface area contributed by atoms with E-state index in [1.165, 1.54) is 19.9 Å². The van der Waals surface area contributed by atoms with Crippen LogP contribution in [0.4, 0.5) is 13.2 Å². The molecule has 0 fully saturated rings. The zero-order chi connectivity index (χ0) is 24.1. The number of nitrogens with one attached hydrogen (secondary N) is 1. The third-order valence-electron chi connectivity index (χ3n) is 5.95. The number of aliphatic carboxylic acids is 1. The first-order chi connectivity index (χ1) is 15.4. The van der Waals surface area contributed by atoms with Crippen LogP contribution in [-0.2, 0) is 11.2 Å². The molecule has 2 atom stereocenters. The molecule has 1 aromatic heterocycles. The highest BCUT2D eigenvalue weighted by Crippen LogP contribution is 2.43. The summed E-state index contributed by atoms with van der Waals surface area (Å²) in [5, 5.41) is 19.5. The number of aromatic hydroxyl groups is 1. The second-order valence-electron chi connectivity index (χ2n) is 9.16. The van der Waals surface area contributed by atoms with Crippen molar-refractivity contribution in [3.63, 3.8) is 0 Å². The summed E-state index contributed by atoms with van der Waals surface area (Å²) in [5.74, 6) is -2.86. The van der Waals surface area contributed by atoms with Crippen molar-refractivity contribution >= 4 is 22.9 Å². The normalized spacial score (nSPS) is 19.3. The number of phenols is 1. The minimum absolute atomic E-state index is 0.0571. The molecule has 2 heterocycles. The number of alkyl halides is 1. The maximum Gasteiger partial charge on any atom is 0.328 e. The highest BCUT2D eigenvalue weighted by atomic mass is 19.1. The van der Waals surface area contributed by atoms with Crippen LogP contribution in [0, 0.1) is 11.6 Å². The van der Waals surface area contributed by atoms with E-state index in [0.717, 1.165) is 35.2 Å². The number of carboxylic acid groups (broad SMARTS) is 1. The molecule has 5 nitrogen and oxygen atoms in total. The number of benzene rings is 2.